The van der Waals surface area contributed by atoms with Crippen LogP contribution in [0.1, 0.15) is 35.7 Å². The van der Waals surface area contributed by atoms with Gasteiger partial charge in [-0.25, -0.2) is 13.6 Å². The van der Waals surface area contributed by atoms with Crippen molar-refractivity contribution in [2.24, 2.45) is 11.1 Å². The molecular formula is C14H19BrN2O3S. The van der Waals surface area contributed by atoms with Crippen molar-refractivity contribution in [3.8, 4) is 0 Å². The number of hydrogen-bond donors (Lipinski definition) is 1. The molecule has 0 aliphatic heterocycles. The second kappa shape index (κ2) is 6.06. The fraction of sp³-hybridized carbons (Fsp3) is 0.500. The molecule has 0 atom stereocenters. The molecule has 0 saturated heterocycles. The highest BCUT2D eigenvalue weighted by Crippen LogP contribution is 2.31. The highest BCUT2D eigenvalue weighted by atomic mass is 79.9. The number of benzene rings is 1. The molecule has 1 saturated carbocycles. The zero-order valence-corrected chi connectivity index (χ0v) is 14.5. The third-order valence-electron chi connectivity index (χ3n) is 3.62. The molecule has 0 radical (unpaired) electrons. The summed E-state index contributed by atoms with van der Waals surface area (Å²) in [6.07, 6.45) is 2.32. The van der Waals surface area contributed by atoms with Gasteiger partial charge >= 0.3 is 0 Å². The van der Waals surface area contributed by atoms with Crippen LogP contribution in [0.3, 0.4) is 0 Å². The molecule has 2 rings (SSSR count). The summed E-state index contributed by atoms with van der Waals surface area (Å²) in [6.45, 7) is 5.00. The van der Waals surface area contributed by atoms with E-state index in [1.165, 1.54) is 6.07 Å². The normalized spacial score (nSPS) is 15.0. The minimum atomic E-state index is -3.87. The monoisotopic (exact) mass is 374 g/mol. The van der Waals surface area contributed by atoms with Gasteiger partial charge in [-0.15, -0.1) is 0 Å². The van der Waals surface area contributed by atoms with Gasteiger partial charge in [-0.05, 0) is 66.2 Å². The van der Waals surface area contributed by atoms with Crippen molar-refractivity contribution in [2.45, 2.75) is 31.6 Å². The van der Waals surface area contributed by atoms with Crippen LogP contribution in [0.15, 0.2) is 21.5 Å². The Morgan fingerprint density at radius 3 is 2.52 bits per heavy atom. The molecule has 1 aromatic carbocycles. The molecule has 0 heterocycles. The predicted octanol–water partition coefficient (Wildman–Crippen LogP) is 2.28. The Kier molecular flexibility index (Phi) is 4.75. The quantitative estimate of drug-likeness (QED) is 0.857. The summed E-state index contributed by atoms with van der Waals surface area (Å²) in [5.74, 6) is 0.438. The number of sulfonamides is 1. The van der Waals surface area contributed by atoms with Crippen LogP contribution in [0.2, 0.25) is 0 Å². The van der Waals surface area contributed by atoms with Gasteiger partial charge in [0, 0.05) is 23.1 Å². The molecule has 0 aromatic heterocycles. The molecule has 0 bridgehead atoms. The zero-order valence-electron chi connectivity index (χ0n) is 12.1. The molecule has 0 spiro atoms. The number of aryl methyl sites for hydroxylation is 1. The lowest BCUT2D eigenvalue weighted by molar-refractivity contribution is 0.0756. The van der Waals surface area contributed by atoms with Crippen molar-refractivity contribution in [2.75, 3.05) is 13.1 Å². The lowest BCUT2D eigenvalue weighted by Gasteiger charge is -2.21. The first-order valence-corrected chi connectivity index (χ1v) is 9.20. The number of primary sulfonamides is 1. The molecule has 2 N–H and O–H groups in total. The fourth-order valence-electron chi connectivity index (χ4n) is 2.22. The van der Waals surface area contributed by atoms with Crippen molar-refractivity contribution in [3.05, 3.63) is 27.7 Å². The van der Waals surface area contributed by atoms with E-state index in [1.54, 1.807) is 17.9 Å². The summed E-state index contributed by atoms with van der Waals surface area (Å²) in [5.41, 5.74) is 1.04. The summed E-state index contributed by atoms with van der Waals surface area (Å²) in [6, 6.07) is 3.04. The summed E-state index contributed by atoms with van der Waals surface area (Å²) >= 11 is 3.22. The van der Waals surface area contributed by atoms with Crippen LogP contribution < -0.4 is 5.14 Å². The number of halogens is 1. The summed E-state index contributed by atoms with van der Waals surface area (Å²) in [5, 5.41) is 5.21. The number of carbonyl (C=O) groups is 1. The molecule has 116 valence electrons. The number of rotatable bonds is 5. The predicted molar refractivity (Wildman–Crippen MR) is 84.6 cm³/mol. The van der Waals surface area contributed by atoms with E-state index in [-0.39, 0.29) is 10.8 Å². The minimum Gasteiger partial charge on any atom is -0.339 e. The van der Waals surface area contributed by atoms with Crippen molar-refractivity contribution < 1.29 is 13.2 Å². The van der Waals surface area contributed by atoms with E-state index >= 15 is 0 Å². The molecule has 1 amide bonds. The average Bonchev–Trinajstić information content (AvgIpc) is 3.20. The Balaban J connectivity index is 2.38. The Hall–Kier alpha value is -0.920. The topological polar surface area (TPSA) is 80.5 Å². The van der Waals surface area contributed by atoms with Crippen molar-refractivity contribution in [3.63, 3.8) is 0 Å². The molecule has 1 aliphatic rings. The third kappa shape index (κ3) is 3.84. The first-order chi connectivity index (χ1) is 9.74. The van der Waals surface area contributed by atoms with Gasteiger partial charge < -0.3 is 4.90 Å². The number of amides is 1. The van der Waals surface area contributed by atoms with E-state index in [4.69, 9.17) is 5.14 Å². The first-order valence-electron chi connectivity index (χ1n) is 6.86. The molecular weight excluding hydrogens is 356 g/mol. The van der Waals surface area contributed by atoms with Crippen LogP contribution in [-0.2, 0) is 10.0 Å². The van der Waals surface area contributed by atoms with Gasteiger partial charge in [0.05, 0.1) is 4.90 Å². The lowest BCUT2D eigenvalue weighted by atomic mass is 10.1. The molecule has 5 nitrogen and oxygen atoms in total. The Labute approximate surface area is 133 Å². The highest BCUT2D eigenvalue weighted by Gasteiger charge is 2.27. The van der Waals surface area contributed by atoms with E-state index in [2.05, 4.69) is 15.9 Å². The van der Waals surface area contributed by atoms with Crippen molar-refractivity contribution >= 4 is 31.9 Å². The Morgan fingerprint density at radius 2 is 2.05 bits per heavy atom. The molecule has 0 unspecified atom stereocenters. The molecule has 7 heteroatoms. The van der Waals surface area contributed by atoms with Crippen LogP contribution in [-0.4, -0.2) is 32.3 Å². The average molecular weight is 375 g/mol. The van der Waals surface area contributed by atoms with E-state index in [1.807, 2.05) is 6.92 Å². The van der Waals surface area contributed by atoms with Gasteiger partial charge in [-0.2, -0.15) is 0 Å². The van der Waals surface area contributed by atoms with Crippen molar-refractivity contribution in [1.82, 2.24) is 4.90 Å². The number of nitrogens with zero attached hydrogens (tertiary/aromatic N) is 1. The number of hydrogen-bond acceptors (Lipinski definition) is 3. The van der Waals surface area contributed by atoms with Crippen molar-refractivity contribution in [1.29, 1.82) is 0 Å². The van der Waals surface area contributed by atoms with Gasteiger partial charge in [-0.3, -0.25) is 4.79 Å². The van der Waals surface area contributed by atoms with Gasteiger partial charge in [-0.1, -0.05) is 0 Å². The van der Waals surface area contributed by atoms with E-state index in [0.717, 1.165) is 19.4 Å². The second-order valence-electron chi connectivity index (χ2n) is 5.44. The summed E-state index contributed by atoms with van der Waals surface area (Å²) in [4.78, 5) is 14.3. The number of carbonyl (C=O) groups excluding carboxylic acids is 1. The standard InChI is InChI=1S/C14H19BrN2O3S/c1-3-17(8-10-4-5-10)14(18)11-6-9(2)13(15)12(7-11)21(16,19)20/h6-7,10H,3-5,8H2,1-2H3,(H2,16,19,20). The maximum atomic E-state index is 12.6. The second-order valence-corrected chi connectivity index (χ2v) is 7.76. The molecule has 1 aromatic rings. The maximum absolute atomic E-state index is 12.6. The summed E-state index contributed by atoms with van der Waals surface area (Å²) in [7, 11) is -3.87. The first kappa shape index (κ1) is 16.5. The van der Waals surface area contributed by atoms with E-state index in [0.29, 0.717) is 28.1 Å². The van der Waals surface area contributed by atoms with Gasteiger partial charge in [0.25, 0.3) is 5.91 Å². The van der Waals surface area contributed by atoms with E-state index < -0.39 is 10.0 Å². The molecule has 1 aliphatic carbocycles. The maximum Gasteiger partial charge on any atom is 0.253 e. The van der Waals surface area contributed by atoms with Gasteiger partial charge in [0.1, 0.15) is 0 Å². The lowest BCUT2D eigenvalue weighted by Crippen LogP contribution is -2.33. The zero-order chi connectivity index (χ0) is 15.8. The fourth-order valence-corrected chi connectivity index (χ4v) is 3.83. The SMILES string of the molecule is CCN(CC1CC1)C(=O)c1cc(C)c(Br)c(S(N)(=O)=O)c1. The Bertz CT molecular complexity index is 669. The number of nitrogens with two attached hydrogens (primary N) is 1. The van der Waals surface area contributed by atoms with Crippen LogP contribution in [0, 0.1) is 12.8 Å². The summed E-state index contributed by atoms with van der Waals surface area (Å²) < 4.78 is 23.7. The van der Waals surface area contributed by atoms with Crippen LogP contribution >= 0.6 is 15.9 Å². The van der Waals surface area contributed by atoms with Crippen LogP contribution in [0.5, 0.6) is 0 Å². The minimum absolute atomic E-state index is 0.0478. The third-order valence-corrected chi connectivity index (χ3v) is 5.87. The van der Waals surface area contributed by atoms with Crippen LogP contribution in [0.25, 0.3) is 0 Å². The largest absolute Gasteiger partial charge is 0.339 e. The smallest absolute Gasteiger partial charge is 0.253 e. The van der Waals surface area contributed by atoms with Gasteiger partial charge in [0.2, 0.25) is 10.0 Å². The highest BCUT2D eigenvalue weighted by molar-refractivity contribution is 9.10. The van der Waals surface area contributed by atoms with Gasteiger partial charge in [0.15, 0.2) is 0 Å². The Morgan fingerprint density at radius 1 is 1.43 bits per heavy atom. The van der Waals surface area contributed by atoms with E-state index in [9.17, 15) is 13.2 Å². The molecule has 21 heavy (non-hydrogen) atoms. The molecule has 1 fully saturated rings. The van der Waals surface area contributed by atoms with Crippen LogP contribution in [0.4, 0.5) is 0 Å².